The van der Waals surface area contributed by atoms with Gasteiger partial charge in [-0.3, -0.25) is 9.36 Å². The summed E-state index contributed by atoms with van der Waals surface area (Å²) in [5, 5.41) is 1.69. The molecular formula is C21H24N2OS2. The molecular weight excluding hydrogens is 360 g/mol. The van der Waals surface area contributed by atoms with Gasteiger partial charge in [0, 0.05) is 10.6 Å². The van der Waals surface area contributed by atoms with Crippen LogP contribution in [0.1, 0.15) is 43.6 Å². The predicted octanol–water partition coefficient (Wildman–Crippen LogP) is 5.46. The SMILES string of the molecule is CC(C)CCSc1nc2sc3c(c2c(=O)n1-c1ccccc1)CCCC3. The fraction of sp³-hybridized carbons (Fsp3) is 0.429. The number of nitrogens with zero attached hydrogens (tertiary/aromatic N) is 2. The van der Waals surface area contributed by atoms with Gasteiger partial charge in [0.25, 0.3) is 5.56 Å². The number of thiophene rings is 1. The van der Waals surface area contributed by atoms with Gasteiger partial charge in [-0.05, 0) is 55.7 Å². The first-order chi connectivity index (χ1) is 12.6. The van der Waals surface area contributed by atoms with Crippen LogP contribution >= 0.6 is 23.1 Å². The third-order valence-electron chi connectivity index (χ3n) is 4.90. The molecule has 0 bridgehead atoms. The Hall–Kier alpha value is -1.59. The topological polar surface area (TPSA) is 34.9 Å². The highest BCUT2D eigenvalue weighted by atomic mass is 32.2. The normalized spacial score (nSPS) is 14.1. The molecule has 26 heavy (non-hydrogen) atoms. The van der Waals surface area contributed by atoms with Crippen LogP contribution in [0.5, 0.6) is 0 Å². The highest BCUT2D eigenvalue weighted by Gasteiger charge is 2.22. The lowest BCUT2D eigenvalue weighted by molar-refractivity contribution is 0.631. The van der Waals surface area contributed by atoms with Crippen LogP contribution in [-0.4, -0.2) is 15.3 Å². The maximum absolute atomic E-state index is 13.5. The molecule has 1 aliphatic rings. The van der Waals surface area contributed by atoms with Gasteiger partial charge in [-0.25, -0.2) is 4.98 Å². The van der Waals surface area contributed by atoms with Crippen LogP contribution in [0.3, 0.4) is 0 Å². The molecule has 1 aliphatic carbocycles. The molecule has 136 valence electrons. The van der Waals surface area contributed by atoms with Crippen molar-refractivity contribution < 1.29 is 0 Å². The van der Waals surface area contributed by atoms with Crippen LogP contribution in [0.25, 0.3) is 15.9 Å². The van der Waals surface area contributed by atoms with Crippen molar-refractivity contribution in [3.8, 4) is 5.69 Å². The van der Waals surface area contributed by atoms with Crippen molar-refractivity contribution >= 4 is 33.3 Å². The number of para-hydroxylation sites is 1. The van der Waals surface area contributed by atoms with Gasteiger partial charge in [0.1, 0.15) is 4.83 Å². The number of hydrogen-bond acceptors (Lipinski definition) is 4. The maximum Gasteiger partial charge on any atom is 0.267 e. The molecule has 0 saturated carbocycles. The van der Waals surface area contributed by atoms with Gasteiger partial charge in [0.2, 0.25) is 0 Å². The molecule has 0 radical (unpaired) electrons. The summed E-state index contributed by atoms with van der Waals surface area (Å²) in [4.78, 5) is 20.8. The van der Waals surface area contributed by atoms with E-state index in [1.165, 1.54) is 23.3 Å². The van der Waals surface area contributed by atoms with Crippen molar-refractivity contribution in [2.75, 3.05) is 5.75 Å². The number of benzene rings is 1. The average molecular weight is 385 g/mol. The minimum atomic E-state index is 0.104. The van der Waals surface area contributed by atoms with E-state index in [1.807, 2.05) is 34.9 Å². The standard InChI is InChI=1S/C21H24N2OS2/c1-14(2)12-13-25-21-22-19-18(16-10-6-7-11-17(16)26-19)20(24)23(21)15-8-4-3-5-9-15/h3-5,8-9,14H,6-7,10-13H2,1-2H3. The first-order valence-electron chi connectivity index (χ1n) is 9.40. The fourth-order valence-corrected chi connectivity index (χ4v) is 6.03. The van der Waals surface area contributed by atoms with E-state index in [2.05, 4.69) is 13.8 Å². The Kier molecular flexibility index (Phi) is 5.18. The van der Waals surface area contributed by atoms with Crippen molar-refractivity contribution in [3.05, 3.63) is 51.1 Å². The summed E-state index contributed by atoms with van der Waals surface area (Å²) in [7, 11) is 0. The molecule has 5 heteroatoms. The van der Waals surface area contributed by atoms with Crippen molar-refractivity contribution in [1.82, 2.24) is 9.55 Å². The van der Waals surface area contributed by atoms with E-state index in [9.17, 15) is 4.79 Å². The lowest BCUT2D eigenvalue weighted by Gasteiger charge is -2.14. The summed E-state index contributed by atoms with van der Waals surface area (Å²) in [5.41, 5.74) is 2.28. The van der Waals surface area contributed by atoms with Crippen LogP contribution in [0.15, 0.2) is 40.3 Å². The van der Waals surface area contributed by atoms with E-state index in [1.54, 1.807) is 23.1 Å². The van der Waals surface area contributed by atoms with E-state index in [0.29, 0.717) is 5.92 Å². The molecule has 1 aromatic carbocycles. The Labute approximate surface area is 162 Å². The Morgan fingerprint density at radius 3 is 2.73 bits per heavy atom. The third kappa shape index (κ3) is 3.35. The van der Waals surface area contributed by atoms with Gasteiger partial charge in [-0.2, -0.15) is 0 Å². The van der Waals surface area contributed by atoms with Gasteiger partial charge >= 0.3 is 0 Å². The molecule has 0 fully saturated rings. The molecule has 3 nitrogen and oxygen atoms in total. The quantitative estimate of drug-likeness (QED) is 0.432. The van der Waals surface area contributed by atoms with Crippen molar-refractivity contribution in [2.45, 2.75) is 51.1 Å². The molecule has 0 amide bonds. The van der Waals surface area contributed by atoms with Crippen LogP contribution in [0.4, 0.5) is 0 Å². The summed E-state index contributed by atoms with van der Waals surface area (Å²) >= 11 is 3.44. The van der Waals surface area contributed by atoms with Gasteiger partial charge in [-0.1, -0.05) is 43.8 Å². The molecule has 0 spiro atoms. The molecule has 0 N–H and O–H groups in total. The van der Waals surface area contributed by atoms with E-state index in [0.717, 1.165) is 46.1 Å². The van der Waals surface area contributed by atoms with Crippen LogP contribution in [0.2, 0.25) is 0 Å². The Morgan fingerprint density at radius 1 is 1.19 bits per heavy atom. The fourth-order valence-electron chi connectivity index (χ4n) is 3.47. The number of aryl methyl sites for hydroxylation is 2. The van der Waals surface area contributed by atoms with Crippen molar-refractivity contribution in [2.24, 2.45) is 5.92 Å². The zero-order chi connectivity index (χ0) is 18.1. The van der Waals surface area contributed by atoms with Gasteiger partial charge in [0.05, 0.1) is 11.1 Å². The second kappa shape index (κ2) is 7.57. The molecule has 0 saturated heterocycles. The summed E-state index contributed by atoms with van der Waals surface area (Å²) in [6.45, 7) is 4.46. The van der Waals surface area contributed by atoms with Crippen LogP contribution in [0, 0.1) is 5.92 Å². The van der Waals surface area contributed by atoms with E-state index >= 15 is 0 Å². The van der Waals surface area contributed by atoms with Crippen LogP contribution < -0.4 is 5.56 Å². The molecule has 0 atom stereocenters. The molecule has 0 aliphatic heterocycles. The molecule has 2 heterocycles. The predicted molar refractivity (Wildman–Crippen MR) is 112 cm³/mol. The van der Waals surface area contributed by atoms with Crippen molar-refractivity contribution in [1.29, 1.82) is 0 Å². The molecule has 3 aromatic rings. The first kappa shape index (κ1) is 17.8. The van der Waals surface area contributed by atoms with Gasteiger partial charge in [-0.15, -0.1) is 11.3 Å². The Morgan fingerprint density at radius 2 is 1.96 bits per heavy atom. The molecule has 4 rings (SSSR count). The van der Waals surface area contributed by atoms with Gasteiger partial charge < -0.3 is 0 Å². The number of thioether (sulfide) groups is 1. The largest absolute Gasteiger partial charge is 0.268 e. The lowest BCUT2D eigenvalue weighted by Crippen LogP contribution is -2.22. The summed E-state index contributed by atoms with van der Waals surface area (Å²) < 4.78 is 1.83. The number of fused-ring (bicyclic) bond motifs is 3. The second-order valence-corrected chi connectivity index (χ2v) is 9.44. The third-order valence-corrected chi connectivity index (χ3v) is 7.06. The number of rotatable bonds is 5. The monoisotopic (exact) mass is 384 g/mol. The van der Waals surface area contributed by atoms with E-state index in [4.69, 9.17) is 4.98 Å². The lowest BCUT2D eigenvalue weighted by atomic mass is 9.97. The number of aromatic nitrogens is 2. The minimum absolute atomic E-state index is 0.104. The highest BCUT2D eigenvalue weighted by molar-refractivity contribution is 7.99. The second-order valence-electron chi connectivity index (χ2n) is 7.29. The van der Waals surface area contributed by atoms with Crippen LogP contribution in [-0.2, 0) is 12.8 Å². The zero-order valence-electron chi connectivity index (χ0n) is 15.3. The summed E-state index contributed by atoms with van der Waals surface area (Å²) in [5.74, 6) is 1.63. The van der Waals surface area contributed by atoms with Crippen molar-refractivity contribution in [3.63, 3.8) is 0 Å². The number of hydrogen-bond donors (Lipinski definition) is 0. The van der Waals surface area contributed by atoms with Gasteiger partial charge in [0.15, 0.2) is 5.16 Å². The molecule has 0 unspecified atom stereocenters. The maximum atomic E-state index is 13.5. The summed E-state index contributed by atoms with van der Waals surface area (Å²) in [6, 6.07) is 9.95. The Bertz CT molecular complexity index is 973. The van der Waals surface area contributed by atoms with E-state index in [-0.39, 0.29) is 5.56 Å². The smallest absolute Gasteiger partial charge is 0.267 e. The molecule has 2 aromatic heterocycles. The average Bonchev–Trinajstić information content (AvgIpc) is 3.01. The Balaban J connectivity index is 1.89. The minimum Gasteiger partial charge on any atom is -0.268 e. The first-order valence-corrected chi connectivity index (χ1v) is 11.2. The zero-order valence-corrected chi connectivity index (χ0v) is 17.0. The van der Waals surface area contributed by atoms with E-state index < -0.39 is 0 Å². The summed E-state index contributed by atoms with van der Waals surface area (Å²) in [6.07, 6.45) is 5.63. The highest BCUT2D eigenvalue weighted by Crippen LogP contribution is 2.35.